The largest absolute Gasteiger partial charge is 0.478 e. The average Bonchev–Trinajstić information content (AvgIpc) is 2.47. The first kappa shape index (κ1) is 12.4. The lowest BCUT2D eigenvalue weighted by Crippen LogP contribution is -2.12. The van der Waals surface area contributed by atoms with Crippen molar-refractivity contribution in [3.05, 3.63) is 54.1 Å². The summed E-state index contributed by atoms with van der Waals surface area (Å²) in [6.07, 6.45) is 1.60. The van der Waals surface area contributed by atoms with Crippen LogP contribution in [-0.4, -0.2) is 12.1 Å². The van der Waals surface area contributed by atoms with Gasteiger partial charge in [0.05, 0.1) is 6.21 Å². The SMILES string of the molecule is CC(=O)Nc1ccc2c(c1)N=CC(c1ccccc1)O2. The summed E-state index contributed by atoms with van der Waals surface area (Å²) < 4.78 is 5.92. The first-order valence-electron chi connectivity index (χ1n) is 6.40. The van der Waals surface area contributed by atoms with Crippen LogP contribution in [0.2, 0.25) is 0 Å². The van der Waals surface area contributed by atoms with Gasteiger partial charge in [-0.1, -0.05) is 30.3 Å². The number of anilines is 1. The van der Waals surface area contributed by atoms with E-state index in [1.165, 1.54) is 6.92 Å². The van der Waals surface area contributed by atoms with Crippen LogP contribution in [0.1, 0.15) is 18.6 Å². The van der Waals surface area contributed by atoms with Crippen LogP contribution in [0.3, 0.4) is 0 Å². The van der Waals surface area contributed by atoms with Crippen LogP contribution in [0, 0.1) is 0 Å². The Kier molecular flexibility index (Phi) is 3.21. The highest BCUT2D eigenvalue weighted by molar-refractivity contribution is 5.90. The van der Waals surface area contributed by atoms with Gasteiger partial charge in [0.1, 0.15) is 11.4 Å². The Morgan fingerprint density at radius 3 is 2.75 bits per heavy atom. The monoisotopic (exact) mass is 266 g/mol. The third kappa shape index (κ3) is 2.54. The zero-order valence-electron chi connectivity index (χ0n) is 11.0. The molecular weight excluding hydrogens is 252 g/mol. The summed E-state index contributed by atoms with van der Waals surface area (Å²) >= 11 is 0. The van der Waals surface area contributed by atoms with Gasteiger partial charge >= 0.3 is 0 Å². The first-order chi connectivity index (χ1) is 9.72. The minimum Gasteiger partial charge on any atom is -0.478 e. The molecule has 0 spiro atoms. The summed E-state index contributed by atoms with van der Waals surface area (Å²) in [6.45, 7) is 1.48. The molecule has 0 aliphatic carbocycles. The van der Waals surface area contributed by atoms with Crippen molar-refractivity contribution in [1.82, 2.24) is 0 Å². The van der Waals surface area contributed by atoms with Crippen molar-refractivity contribution < 1.29 is 9.53 Å². The van der Waals surface area contributed by atoms with Gasteiger partial charge in [-0.05, 0) is 23.8 Å². The maximum absolute atomic E-state index is 11.0. The van der Waals surface area contributed by atoms with Crippen molar-refractivity contribution in [2.24, 2.45) is 4.99 Å². The molecule has 1 heterocycles. The number of carbonyl (C=O) groups is 1. The second-order valence-electron chi connectivity index (χ2n) is 4.59. The van der Waals surface area contributed by atoms with Crippen LogP contribution in [0.5, 0.6) is 5.75 Å². The number of nitrogens with one attached hydrogen (secondary N) is 1. The molecule has 2 aromatic carbocycles. The van der Waals surface area contributed by atoms with E-state index in [0.717, 1.165) is 22.7 Å². The van der Waals surface area contributed by atoms with Crippen LogP contribution in [0.25, 0.3) is 0 Å². The minimum absolute atomic E-state index is 0.104. The Balaban J connectivity index is 1.85. The van der Waals surface area contributed by atoms with Crippen LogP contribution in [-0.2, 0) is 4.79 Å². The molecule has 3 rings (SSSR count). The first-order valence-corrected chi connectivity index (χ1v) is 6.40. The van der Waals surface area contributed by atoms with Crippen LogP contribution >= 0.6 is 0 Å². The molecule has 1 unspecified atom stereocenters. The lowest BCUT2D eigenvalue weighted by atomic mass is 10.1. The number of aliphatic imine (C=N–C) groups is 1. The van der Waals surface area contributed by atoms with Crippen molar-refractivity contribution in [1.29, 1.82) is 0 Å². The molecule has 0 saturated heterocycles. The van der Waals surface area contributed by atoms with Gasteiger partial charge in [-0.15, -0.1) is 0 Å². The molecule has 0 radical (unpaired) electrons. The van der Waals surface area contributed by atoms with Gasteiger partial charge in [0.25, 0.3) is 0 Å². The molecule has 20 heavy (non-hydrogen) atoms. The molecule has 2 aromatic rings. The second-order valence-corrected chi connectivity index (χ2v) is 4.59. The van der Waals surface area contributed by atoms with E-state index >= 15 is 0 Å². The van der Waals surface area contributed by atoms with Gasteiger partial charge in [-0.3, -0.25) is 9.79 Å². The zero-order valence-corrected chi connectivity index (χ0v) is 11.0. The predicted octanol–water partition coefficient (Wildman–Crippen LogP) is 3.48. The summed E-state index contributed by atoms with van der Waals surface area (Å²) in [5.41, 5.74) is 2.51. The number of nitrogens with zero attached hydrogens (tertiary/aromatic N) is 1. The van der Waals surface area contributed by atoms with E-state index in [1.54, 1.807) is 12.3 Å². The van der Waals surface area contributed by atoms with Crippen molar-refractivity contribution >= 4 is 23.5 Å². The third-order valence-electron chi connectivity index (χ3n) is 3.01. The van der Waals surface area contributed by atoms with Gasteiger partial charge < -0.3 is 10.1 Å². The normalized spacial score (nSPS) is 16.1. The van der Waals surface area contributed by atoms with Crippen LogP contribution < -0.4 is 10.1 Å². The molecule has 0 bridgehead atoms. The summed E-state index contributed by atoms with van der Waals surface area (Å²) in [4.78, 5) is 15.5. The van der Waals surface area contributed by atoms with E-state index in [2.05, 4.69) is 10.3 Å². The predicted molar refractivity (Wildman–Crippen MR) is 78.7 cm³/mol. The molecule has 1 N–H and O–H groups in total. The maximum atomic E-state index is 11.0. The van der Waals surface area contributed by atoms with E-state index in [-0.39, 0.29) is 12.0 Å². The van der Waals surface area contributed by atoms with E-state index in [9.17, 15) is 4.79 Å². The summed E-state index contributed by atoms with van der Waals surface area (Å²) in [5, 5.41) is 2.73. The number of ether oxygens (including phenoxy) is 1. The molecule has 1 atom stereocenters. The number of carbonyl (C=O) groups excluding carboxylic acids is 1. The minimum atomic E-state index is -0.171. The van der Waals surface area contributed by atoms with Gasteiger partial charge in [0, 0.05) is 12.6 Å². The lowest BCUT2D eigenvalue weighted by Gasteiger charge is -2.21. The molecule has 0 fully saturated rings. The second kappa shape index (κ2) is 5.17. The fourth-order valence-corrected chi connectivity index (χ4v) is 2.11. The van der Waals surface area contributed by atoms with E-state index in [4.69, 9.17) is 4.74 Å². The van der Waals surface area contributed by atoms with Crippen LogP contribution in [0.4, 0.5) is 11.4 Å². The number of amides is 1. The Morgan fingerprint density at radius 2 is 2.00 bits per heavy atom. The molecule has 4 nitrogen and oxygen atoms in total. The summed E-state index contributed by atoms with van der Waals surface area (Å²) in [6, 6.07) is 15.4. The molecule has 1 amide bonds. The molecule has 100 valence electrons. The molecular formula is C16H14N2O2. The Bertz CT molecular complexity index is 665. The van der Waals surface area contributed by atoms with Crippen molar-refractivity contribution in [2.75, 3.05) is 5.32 Å². The molecule has 1 aliphatic heterocycles. The maximum Gasteiger partial charge on any atom is 0.221 e. The van der Waals surface area contributed by atoms with E-state index < -0.39 is 0 Å². The number of fused-ring (bicyclic) bond motifs is 1. The summed E-state index contributed by atoms with van der Waals surface area (Å²) in [5.74, 6) is 0.614. The Morgan fingerprint density at radius 1 is 1.20 bits per heavy atom. The fourth-order valence-electron chi connectivity index (χ4n) is 2.11. The molecule has 4 heteroatoms. The number of rotatable bonds is 2. The lowest BCUT2D eigenvalue weighted by molar-refractivity contribution is -0.114. The van der Waals surface area contributed by atoms with E-state index in [0.29, 0.717) is 0 Å². The van der Waals surface area contributed by atoms with Gasteiger partial charge in [-0.25, -0.2) is 0 Å². The highest BCUT2D eigenvalue weighted by Gasteiger charge is 2.17. The standard InChI is InChI=1S/C16H14N2O2/c1-11(19)18-13-7-8-15-14(9-13)17-10-16(20-15)12-5-3-2-4-6-12/h2-10,16H,1H3,(H,18,19). The topological polar surface area (TPSA) is 50.7 Å². The fraction of sp³-hybridized carbons (Fsp3) is 0.125. The Labute approximate surface area is 117 Å². The van der Waals surface area contributed by atoms with Crippen molar-refractivity contribution in [3.8, 4) is 5.75 Å². The average molecular weight is 266 g/mol. The number of hydrogen-bond donors (Lipinski definition) is 1. The third-order valence-corrected chi connectivity index (χ3v) is 3.01. The molecule has 1 aliphatic rings. The Hall–Kier alpha value is -2.62. The zero-order chi connectivity index (χ0) is 13.9. The highest BCUT2D eigenvalue weighted by Crippen LogP contribution is 2.36. The quantitative estimate of drug-likeness (QED) is 0.904. The number of benzene rings is 2. The van der Waals surface area contributed by atoms with E-state index in [1.807, 2.05) is 42.5 Å². The molecule has 0 saturated carbocycles. The van der Waals surface area contributed by atoms with Crippen molar-refractivity contribution in [2.45, 2.75) is 13.0 Å². The van der Waals surface area contributed by atoms with Gasteiger partial charge in [0.15, 0.2) is 6.10 Å². The van der Waals surface area contributed by atoms with Gasteiger partial charge in [0.2, 0.25) is 5.91 Å². The van der Waals surface area contributed by atoms with Gasteiger partial charge in [-0.2, -0.15) is 0 Å². The highest BCUT2D eigenvalue weighted by atomic mass is 16.5. The number of hydrogen-bond acceptors (Lipinski definition) is 3. The van der Waals surface area contributed by atoms with Crippen LogP contribution in [0.15, 0.2) is 53.5 Å². The molecule has 0 aromatic heterocycles. The smallest absolute Gasteiger partial charge is 0.221 e. The van der Waals surface area contributed by atoms with Crippen molar-refractivity contribution in [3.63, 3.8) is 0 Å². The summed E-state index contributed by atoms with van der Waals surface area (Å²) in [7, 11) is 0.